The number of aromatic nitrogens is 2. The topological polar surface area (TPSA) is 54.7 Å². The first-order valence-electron chi connectivity index (χ1n) is 5.75. The molecule has 0 aliphatic heterocycles. The van der Waals surface area contributed by atoms with Crippen LogP contribution in [0.5, 0.6) is 0 Å². The Bertz CT molecular complexity index is 316. The van der Waals surface area contributed by atoms with Crippen molar-refractivity contribution < 1.29 is 0 Å². The lowest BCUT2D eigenvalue weighted by atomic mass is 9.86. The Morgan fingerprint density at radius 1 is 1.33 bits per heavy atom. The molecule has 1 heterocycles. The number of hydrogen-bond acceptors (Lipinski definition) is 2. The number of nitrogen functional groups attached to an aromatic ring is 1. The zero-order valence-electron chi connectivity index (χ0n) is 8.93. The van der Waals surface area contributed by atoms with Gasteiger partial charge in [0.1, 0.15) is 0 Å². The number of nitrogens with zero attached hydrogens (tertiary/aromatic N) is 1. The minimum Gasteiger partial charge on any atom is -0.369 e. The lowest BCUT2D eigenvalue weighted by molar-refractivity contribution is 0.338. The fourth-order valence-corrected chi connectivity index (χ4v) is 2.63. The predicted molar refractivity (Wildman–Crippen MR) is 62.9 cm³/mol. The van der Waals surface area contributed by atoms with Crippen molar-refractivity contribution in [3.63, 3.8) is 0 Å². The van der Waals surface area contributed by atoms with E-state index in [0.717, 1.165) is 18.0 Å². The molecule has 0 atom stereocenters. The van der Waals surface area contributed by atoms with Gasteiger partial charge < -0.3 is 10.7 Å². The smallest absolute Gasteiger partial charge is 0.199 e. The molecule has 3 N–H and O–H groups in total. The molecular weight excluding hydrogens is 210 g/mol. The maximum atomic E-state index is 5.94. The fraction of sp³-hybridized carbons (Fsp3) is 0.727. The van der Waals surface area contributed by atoms with E-state index in [2.05, 4.69) is 9.97 Å². The largest absolute Gasteiger partial charge is 0.369 e. The molecule has 3 nitrogen and oxygen atoms in total. The summed E-state index contributed by atoms with van der Waals surface area (Å²) in [4.78, 5) is 6.98. The van der Waals surface area contributed by atoms with Gasteiger partial charge in [-0.2, -0.15) is 0 Å². The van der Waals surface area contributed by atoms with Crippen LogP contribution in [0, 0.1) is 5.92 Å². The molecule has 0 radical (unpaired) electrons. The number of aryl methyl sites for hydroxylation is 1. The third kappa shape index (κ3) is 2.88. The van der Waals surface area contributed by atoms with Gasteiger partial charge in [-0.3, -0.25) is 0 Å². The zero-order chi connectivity index (χ0) is 10.7. The average Bonchev–Trinajstić information content (AvgIpc) is 2.56. The quantitative estimate of drug-likeness (QED) is 0.834. The van der Waals surface area contributed by atoms with Crippen LogP contribution in [0.1, 0.15) is 44.2 Å². The molecule has 0 aromatic carbocycles. The van der Waals surface area contributed by atoms with Crippen LogP contribution in [-0.4, -0.2) is 9.97 Å². The zero-order valence-corrected chi connectivity index (χ0v) is 9.69. The van der Waals surface area contributed by atoms with Crippen LogP contribution in [-0.2, 0) is 6.42 Å². The summed E-state index contributed by atoms with van der Waals surface area (Å²) in [6.07, 6.45) is 9.14. The van der Waals surface area contributed by atoms with E-state index in [9.17, 15) is 0 Å². The summed E-state index contributed by atoms with van der Waals surface area (Å²) in [6.45, 7) is 0. The van der Waals surface area contributed by atoms with Gasteiger partial charge in [-0.25, -0.2) is 4.98 Å². The maximum Gasteiger partial charge on any atom is 0.199 e. The van der Waals surface area contributed by atoms with Crippen molar-refractivity contribution in [3.05, 3.63) is 10.8 Å². The summed E-state index contributed by atoms with van der Waals surface area (Å²) in [7, 11) is 0. The number of rotatable bonds is 3. The molecule has 0 bridgehead atoms. The molecule has 1 aromatic heterocycles. The molecule has 1 saturated carbocycles. The first-order valence-corrected chi connectivity index (χ1v) is 6.13. The molecule has 2 rings (SSSR count). The Labute approximate surface area is 95.4 Å². The molecular formula is C11H18ClN3. The van der Waals surface area contributed by atoms with Crippen LogP contribution in [0.25, 0.3) is 0 Å². The SMILES string of the molecule is Nc1nc(Cl)c(CCC2CCCCC2)[nH]1. The molecule has 0 unspecified atom stereocenters. The lowest BCUT2D eigenvalue weighted by Gasteiger charge is -2.20. The van der Waals surface area contributed by atoms with Crippen molar-refractivity contribution in [2.45, 2.75) is 44.9 Å². The first kappa shape index (κ1) is 10.8. The van der Waals surface area contributed by atoms with E-state index in [0.29, 0.717) is 11.1 Å². The van der Waals surface area contributed by atoms with Crippen molar-refractivity contribution in [1.29, 1.82) is 0 Å². The highest BCUT2D eigenvalue weighted by Crippen LogP contribution is 2.28. The normalized spacial score (nSPS) is 18.2. The number of aromatic amines is 1. The third-order valence-corrected chi connectivity index (χ3v) is 3.59. The molecule has 1 aliphatic rings. The van der Waals surface area contributed by atoms with E-state index in [1.807, 2.05) is 0 Å². The van der Waals surface area contributed by atoms with E-state index in [-0.39, 0.29) is 0 Å². The van der Waals surface area contributed by atoms with E-state index in [4.69, 9.17) is 17.3 Å². The van der Waals surface area contributed by atoms with Gasteiger partial charge in [-0.05, 0) is 18.8 Å². The highest BCUT2D eigenvalue weighted by atomic mass is 35.5. The summed E-state index contributed by atoms with van der Waals surface area (Å²) in [6, 6.07) is 0. The minimum atomic E-state index is 0.429. The summed E-state index contributed by atoms with van der Waals surface area (Å²) in [5, 5.41) is 0.545. The second-order valence-corrected chi connectivity index (χ2v) is 4.79. The summed E-state index contributed by atoms with van der Waals surface area (Å²) >= 11 is 5.94. The van der Waals surface area contributed by atoms with Crippen molar-refractivity contribution in [3.8, 4) is 0 Å². The van der Waals surface area contributed by atoms with Crippen LogP contribution in [0.2, 0.25) is 5.15 Å². The monoisotopic (exact) mass is 227 g/mol. The van der Waals surface area contributed by atoms with Gasteiger partial charge in [0.05, 0.1) is 5.69 Å². The van der Waals surface area contributed by atoms with Crippen LogP contribution >= 0.6 is 11.6 Å². The van der Waals surface area contributed by atoms with Gasteiger partial charge in [0.15, 0.2) is 11.1 Å². The third-order valence-electron chi connectivity index (χ3n) is 3.27. The number of anilines is 1. The molecule has 0 amide bonds. The molecule has 15 heavy (non-hydrogen) atoms. The molecule has 0 spiro atoms. The second kappa shape index (κ2) is 4.88. The Morgan fingerprint density at radius 2 is 2.07 bits per heavy atom. The maximum absolute atomic E-state index is 5.94. The number of nitrogens with one attached hydrogen (secondary N) is 1. The number of H-pyrrole nitrogens is 1. The average molecular weight is 228 g/mol. The van der Waals surface area contributed by atoms with E-state index in [1.165, 1.54) is 38.5 Å². The highest BCUT2D eigenvalue weighted by Gasteiger charge is 2.14. The predicted octanol–water partition coefficient (Wildman–Crippen LogP) is 3.16. The molecule has 84 valence electrons. The number of nitrogens with two attached hydrogens (primary N) is 1. The molecule has 1 aromatic rings. The van der Waals surface area contributed by atoms with Crippen molar-refractivity contribution >= 4 is 17.5 Å². The Balaban J connectivity index is 1.84. The van der Waals surface area contributed by atoms with E-state index >= 15 is 0 Å². The summed E-state index contributed by atoms with van der Waals surface area (Å²) < 4.78 is 0. The van der Waals surface area contributed by atoms with E-state index in [1.54, 1.807) is 0 Å². The lowest BCUT2D eigenvalue weighted by Crippen LogP contribution is -2.07. The van der Waals surface area contributed by atoms with Gasteiger partial charge in [0.25, 0.3) is 0 Å². The Morgan fingerprint density at radius 3 is 2.67 bits per heavy atom. The first-order chi connectivity index (χ1) is 7.25. The van der Waals surface area contributed by atoms with Gasteiger partial charge in [-0.1, -0.05) is 43.7 Å². The fourth-order valence-electron chi connectivity index (χ4n) is 2.40. The van der Waals surface area contributed by atoms with Gasteiger partial charge >= 0.3 is 0 Å². The molecule has 1 fully saturated rings. The van der Waals surface area contributed by atoms with Crippen molar-refractivity contribution in [1.82, 2.24) is 9.97 Å². The standard InChI is InChI=1S/C11H18ClN3/c12-10-9(14-11(13)15-10)7-6-8-4-2-1-3-5-8/h8H,1-7H2,(H3,13,14,15). The second-order valence-electron chi connectivity index (χ2n) is 4.43. The molecule has 1 aliphatic carbocycles. The van der Waals surface area contributed by atoms with Gasteiger partial charge in [0, 0.05) is 0 Å². The van der Waals surface area contributed by atoms with Crippen LogP contribution in [0.15, 0.2) is 0 Å². The number of halogens is 1. The number of hydrogen-bond donors (Lipinski definition) is 2. The van der Waals surface area contributed by atoms with Crippen LogP contribution in [0.3, 0.4) is 0 Å². The van der Waals surface area contributed by atoms with Gasteiger partial charge in [0.2, 0.25) is 0 Å². The Kier molecular flexibility index (Phi) is 3.52. The van der Waals surface area contributed by atoms with Crippen LogP contribution in [0.4, 0.5) is 5.95 Å². The van der Waals surface area contributed by atoms with Crippen LogP contribution < -0.4 is 5.73 Å². The Hall–Kier alpha value is -0.700. The summed E-state index contributed by atoms with van der Waals surface area (Å²) in [5.41, 5.74) is 6.54. The molecule has 4 heteroatoms. The van der Waals surface area contributed by atoms with E-state index < -0.39 is 0 Å². The minimum absolute atomic E-state index is 0.429. The van der Waals surface area contributed by atoms with Crippen molar-refractivity contribution in [2.75, 3.05) is 5.73 Å². The molecule has 0 saturated heterocycles. The highest BCUT2D eigenvalue weighted by molar-refractivity contribution is 6.30. The van der Waals surface area contributed by atoms with Crippen molar-refractivity contribution in [2.24, 2.45) is 5.92 Å². The number of imidazole rings is 1. The summed E-state index contributed by atoms with van der Waals surface area (Å²) in [5.74, 6) is 1.30. The van der Waals surface area contributed by atoms with Gasteiger partial charge in [-0.15, -0.1) is 0 Å².